The van der Waals surface area contributed by atoms with Crippen molar-refractivity contribution >= 4 is 15.9 Å². The number of aryl methyl sites for hydroxylation is 3. The fourth-order valence-corrected chi connectivity index (χ4v) is 5.54. The third-order valence-electron chi connectivity index (χ3n) is 6.66. The number of hydrogen-bond acceptors (Lipinski definition) is 3. The van der Waals surface area contributed by atoms with E-state index >= 15 is 0 Å². The molecule has 1 aliphatic carbocycles. The summed E-state index contributed by atoms with van der Waals surface area (Å²) in [5.41, 5.74) is 12.9. The van der Waals surface area contributed by atoms with Gasteiger partial charge in [0.05, 0.1) is 11.6 Å². The van der Waals surface area contributed by atoms with Crippen molar-refractivity contribution in [1.82, 2.24) is 4.90 Å². The van der Waals surface area contributed by atoms with Gasteiger partial charge in [0.1, 0.15) is 5.75 Å². The van der Waals surface area contributed by atoms with Crippen LogP contribution in [-0.4, -0.2) is 25.1 Å². The first kappa shape index (κ1) is 23.3. The van der Waals surface area contributed by atoms with Gasteiger partial charge in [-0.15, -0.1) is 0 Å². The Morgan fingerprint density at radius 1 is 0.967 bits per heavy atom. The van der Waals surface area contributed by atoms with Gasteiger partial charge in [0.25, 0.3) is 0 Å². The molecule has 2 N–H and O–H groups in total. The van der Waals surface area contributed by atoms with Crippen LogP contribution in [0.3, 0.4) is 0 Å². The molecule has 0 amide bonds. The van der Waals surface area contributed by atoms with Gasteiger partial charge in [0.15, 0.2) is 0 Å². The van der Waals surface area contributed by atoms with E-state index in [0.717, 1.165) is 48.2 Å². The number of nitrogens with two attached hydrogens (primary N) is 1. The summed E-state index contributed by atoms with van der Waals surface area (Å²) in [7, 11) is 1.71. The first-order valence-electron chi connectivity index (χ1n) is 11.2. The van der Waals surface area contributed by atoms with E-state index in [0.29, 0.717) is 0 Å². The molecule has 1 aliphatic rings. The molecule has 0 bridgehead atoms. The minimum absolute atomic E-state index is 0.730. The molecular formula is C26H37BrN2O. The average molecular weight is 473 g/mol. The summed E-state index contributed by atoms with van der Waals surface area (Å²) in [6.07, 6.45) is 5.17. The molecule has 3 rings (SSSR count). The Labute approximate surface area is 191 Å². The zero-order valence-corrected chi connectivity index (χ0v) is 20.6. The van der Waals surface area contributed by atoms with Crippen molar-refractivity contribution in [3.05, 3.63) is 62.6 Å². The van der Waals surface area contributed by atoms with E-state index < -0.39 is 0 Å². The Balaban J connectivity index is 1.78. The van der Waals surface area contributed by atoms with Gasteiger partial charge >= 0.3 is 0 Å². The lowest BCUT2D eigenvalue weighted by Gasteiger charge is -2.33. The second-order valence-electron chi connectivity index (χ2n) is 9.14. The van der Waals surface area contributed by atoms with Crippen LogP contribution >= 0.6 is 15.9 Å². The molecule has 2 aromatic rings. The summed E-state index contributed by atoms with van der Waals surface area (Å²) in [5.74, 6) is 2.38. The Bertz CT molecular complexity index is 820. The Morgan fingerprint density at radius 2 is 1.60 bits per heavy atom. The molecule has 1 fully saturated rings. The lowest BCUT2D eigenvalue weighted by molar-refractivity contribution is 0.169. The van der Waals surface area contributed by atoms with Crippen molar-refractivity contribution in [2.75, 3.05) is 20.2 Å². The highest BCUT2D eigenvalue weighted by Crippen LogP contribution is 2.31. The van der Waals surface area contributed by atoms with E-state index in [4.69, 9.17) is 10.5 Å². The van der Waals surface area contributed by atoms with Gasteiger partial charge in [-0.25, -0.2) is 0 Å². The third kappa shape index (κ3) is 6.09. The third-order valence-corrected chi connectivity index (χ3v) is 7.28. The highest BCUT2D eigenvalue weighted by molar-refractivity contribution is 9.10. The maximum atomic E-state index is 5.91. The average Bonchev–Trinajstić information content (AvgIpc) is 2.71. The van der Waals surface area contributed by atoms with Gasteiger partial charge in [0.2, 0.25) is 0 Å². The van der Waals surface area contributed by atoms with Crippen LogP contribution < -0.4 is 10.5 Å². The quantitative estimate of drug-likeness (QED) is 0.500. The van der Waals surface area contributed by atoms with E-state index in [-0.39, 0.29) is 0 Å². The maximum Gasteiger partial charge on any atom is 0.133 e. The first-order valence-corrected chi connectivity index (χ1v) is 12.0. The highest BCUT2D eigenvalue weighted by Gasteiger charge is 2.23. The normalized spacial score (nSPS) is 19.3. The van der Waals surface area contributed by atoms with Gasteiger partial charge in [-0.2, -0.15) is 0 Å². The maximum absolute atomic E-state index is 5.91. The number of nitrogens with zero attached hydrogens (tertiary/aromatic N) is 1. The predicted molar refractivity (Wildman–Crippen MR) is 130 cm³/mol. The molecule has 4 heteroatoms. The molecule has 2 aromatic carbocycles. The van der Waals surface area contributed by atoms with Crippen LogP contribution in [0.4, 0.5) is 0 Å². The number of halogens is 1. The molecule has 1 saturated carbocycles. The minimum atomic E-state index is 0.730. The van der Waals surface area contributed by atoms with E-state index in [1.807, 2.05) is 0 Å². The van der Waals surface area contributed by atoms with Crippen LogP contribution in [0.5, 0.6) is 5.75 Å². The molecule has 0 radical (unpaired) electrons. The standard InChI is InChI=1S/C26H37BrN2O/c1-18-11-19(2)24(20(3)12-18)17-29(15-22-7-5-21(14-28)6-8-22)16-23-9-10-26(30-4)25(27)13-23/h9-13,21-22H,5-8,14-17,28H2,1-4H3. The molecule has 0 atom stereocenters. The van der Waals surface area contributed by atoms with Gasteiger partial charge in [0, 0.05) is 19.6 Å². The molecule has 0 heterocycles. The zero-order chi connectivity index (χ0) is 21.7. The Kier molecular flexibility index (Phi) is 8.38. The second-order valence-corrected chi connectivity index (χ2v) is 9.99. The molecule has 0 unspecified atom stereocenters. The summed E-state index contributed by atoms with van der Waals surface area (Å²) < 4.78 is 6.44. The van der Waals surface area contributed by atoms with Crippen LogP contribution in [0.1, 0.15) is 53.5 Å². The molecule has 164 valence electrons. The van der Waals surface area contributed by atoms with Crippen LogP contribution in [-0.2, 0) is 13.1 Å². The molecule has 0 aromatic heterocycles. The van der Waals surface area contributed by atoms with Gasteiger partial charge in [-0.05, 0) is 115 Å². The Hall–Kier alpha value is -1.36. The van der Waals surface area contributed by atoms with Gasteiger partial charge < -0.3 is 10.5 Å². The highest BCUT2D eigenvalue weighted by atomic mass is 79.9. The van der Waals surface area contributed by atoms with Crippen LogP contribution in [0.2, 0.25) is 0 Å². The van der Waals surface area contributed by atoms with Crippen molar-refractivity contribution in [2.45, 2.75) is 59.5 Å². The number of rotatable bonds is 8. The zero-order valence-electron chi connectivity index (χ0n) is 19.0. The lowest BCUT2D eigenvalue weighted by Crippen LogP contribution is -2.32. The fourth-order valence-electron chi connectivity index (χ4n) is 4.95. The van der Waals surface area contributed by atoms with Crippen molar-refractivity contribution in [3.63, 3.8) is 0 Å². The van der Waals surface area contributed by atoms with Crippen LogP contribution in [0.25, 0.3) is 0 Å². The number of hydrogen-bond donors (Lipinski definition) is 1. The number of ether oxygens (including phenoxy) is 1. The minimum Gasteiger partial charge on any atom is -0.496 e. The van der Waals surface area contributed by atoms with E-state index in [1.54, 1.807) is 7.11 Å². The largest absolute Gasteiger partial charge is 0.496 e. The SMILES string of the molecule is COc1ccc(CN(Cc2c(C)cc(C)cc2C)CC2CCC(CN)CC2)cc1Br. The second kappa shape index (κ2) is 10.8. The summed E-state index contributed by atoms with van der Waals surface area (Å²) in [6.45, 7) is 10.6. The molecular weight excluding hydrogens is 436 g/mol. The van der Waals surface area contributed by atoms with Crippen LogP contribution in [0, 0.1) is 32.6 Å². The summed E-state index contributed by atoms with van der Waals surface area (Å²) >= 11 is 3.65. The van der Waals surface area contributed by atoms with E-state index in [2.05, 4.69) is 71.9 Å². The van der Waals surface area contributed by atoms with Crippen molar-refractivity contribution in [1.29, 1.82) is 0 Å². The molecule has 0 aliphatic heterocycles. The first-order chi connectivity index (χ1) is 14.4. The van der Waals surface area contributed by atoms with Gasteiger partial charge in [-0.3, -0.25) is 4.90 Å². The Morgan fingerprint density at radius 3 is 2.17 bits per heavy atom. The van der Waals surface area contributed by atoms with Gasteiger partial charge in [-0.1, -0.05) is 23.8 Å². The van der Waals surface area contributed by atoms with Crippen LogP contribution in [0.15, 0.2) is 34.8 Å². The predicted octanol–water partition coefficient (Wildman–Crippen LogP) is 6.15. The molecule has 0 saturated heterocycles. The summed E-state index contributed by atoms with van der Waals surface area (Å²) in [5, 5.41) is 0. The number of methoxy groups -OCH3 is 1. The fraction of sp³-hybridized carbons (Fsp3) is 0.538. The van der Waals surface area contributed by atoms with Crippen molar-refractivity contribution in [3.8, 4) is 5.75 Å². The smallest absolute Gasteiger partial charge is 0.133 e. The summed E-state index contributed by atoms with van der Waals surface area (Å²) in [4.78, 5) is 2.65. The van der Waals surface area contributed by atoms with E-state index in [1.165, 1.54) is 53.5 Å². The monoisotopic (exact) mass is 472 g/mol. The molecule has 0 spiro atoms. The molecule has 3 nitrogen and oxygen atoms in total. The summed E-state index contributed by atoms with van der Waals surface area (Å²) in [6, 6.07) is 11.1. The van der Waals surface area contributed by atoms with E-state index in [9.17, 15) is 0 Å². The topological polar surface area (TPSA) is 38.5 Å². The number of benzene rings is 2. The lowest BCUT2D eigenvalue weighted by atomic mass is 9.81. The molecule has 30 heavy (non-hydrogen) atoms. The van der Waals surface area contributed by atoms with Crippen molar-refractivity contribution in [2.24, 2.45) is 17.6 Å². The van der Waals surface area contributed by atoms with Crippen molar-refractivity contribution < 1.29 is 4.74 Å².